The molecule has 0 amide bonds. The highest BCUT2D eigenvalue weighted by atomic mass is 35.5. The Bertz CT molecular complexity index is 614. The summed E-state index contributed by atoms with van der Waals surface area (Å²) in [4.78, 5) is 9.89. The van der Waals surface area contributed by atoms with Gasteiger partial charge >= 0.3 is 18.4 Å². The number of hydrogen-bond donors (Lipinski definition) is 0. The van der Waals surface area contributed by atoms with Crippen LogP contribution in [-0.4, -0.2) is 19.2 Å². The van der Waals surface area contributed by atoms with E-state index in [4.69, 9.17) is 25.4 Å². The van der Waals surface area contributed by atoms with Gasteiger partial charge in [0.25, 0.3) is 0 Å². The zero-order valence-electron chi connectivity index (χ0n) is 11.2. The highest BCUT2D eigenvalue weighted by Gasteiger charge is 2.60. The van der Waals surface area contributed by atoms with E-state index in [0.717, 1.165) is 0 Å². The highest BCUT2D eigenvalue weighted by Crippen LogP contribution is 2.70. The molecule has 0 N–H and O–H groups in total. The molecule has 0 bridgehead atoms. The van der Waals surface area contributed by atoms with Gasteiger partial charge in [-0.25, -0.2) is 4.79 Å². The molecule has 1 aromatic rings. The molecule has 0 radical (unpaired) electrons. The average molecular weight is 329 g/mol. The lowest BCUT2D eigenvalue weighted by Gasteiger charge is -2.29. The highest BCUT2D eigenvalue weighted by molar-refractivity contribution is 7.57. The van der Waals surface area contributed by atoms with E-state index in [2.05, 4.69) is 13.2 Å². The minimum atomic E-state index is -4.00. The molecule has 1 atom stereocenters. The number of carbonyl (C=O) groups is 1. The largest absolute Gasteiger partial charge is 0.422 e. The van der Waals surface area contributed by atoms with Crippen molar-refractivity contribution in [3.63, 3.8) is 0 Å². The molecule has 7 heteroatoms. The summed E-state index contributed by atoms with van der Waals surface area (Å²) in [7, 11) is -4.00. The first-order chi connectivity index (χ1) is 9.98. The van der Waals surface area contributed by atoms with E-state index in [1.165, 1.54) is 18.2 Å². The third-order valence-corrected chi connectivity index (χ3v) is 5.70. The van der Waals surface area contributed by atoms with Crippen molar-refractivity contribution in [3.8, 4) is 0 Å². The summed E-state index contributed by atoms with van der Waals surface area (Å²) in [5.41, 5.74) is 0.491. The number of ether oxygens (including phenoxy) is 1. The molecule has 1 aromatic carbocycles. The first-order valence-corrected chi connectivity index (χ1v) is 8.03. The lowest BCUT2D eigenvalue weighted by molar-refractivity contribution is 0.0357. The van der Waals surface area contributed by atoms with Crippen molar-refractivity contribution in [2.45, 2.75) is 4.80 Å². The van der Waals surface area contributed by atoms with Gasteiger partial charge in [0.2, 0.25) is 0 Å². The number of cyclic esters (lactones) is 1. The second-order valence-electron chi connectivity index (χ2n) is 4.16. The minimum Gasteiger partial charge on any atom is -0.422 e. The van der Waals surface area contributed by atoms with E-state index in [1.54, 1.807) is 18.2 Å². The van der Waals surface area contributed by atoms with Crippen LogP contribution in [0.1, 0.15) is 15.9 Å². The van der Waals surface area contributed by atoms with Crippen LogP contribution < -0.4 is 0 Å². The van der Waals surface area contributed by atoms with Crippen molar-refractivity contribution in [1.29, 1.82) is 0 Å². The first kappa shape index (κ1) is 16.0. The maximum Gasteiger partial charge on any atom is 0.395 e. The standard InChI is InChI=1S/C14H14ClO5P/c1-3-9-18-21(17,19-10-4-2)14(15)12-8-6-5-7-11(12)13(16)20-14/h3-8H,1-2,9-10H2. The average Bonchev–Trinajstić information content (AvgIpc) is 2.76. The van der Waals surface area contributed by atoms with Crippen molar-refractivity contribution in [2.24, 2.45) is 0 Å². The predicted molar refractivity (Wildman–Crippen MR) is 79.3 cm³/mol. The molecule has 5 nitrogen and oxygen atoms in total. The number of rotatable bonds is 7. The van der Waals surface area contributed by atoms with Crippen molar-refractivity contribution < 1.29 is 23.1 Å². The summed E-state index contributed by atoms with van der Waals surface area (Å²) in [6.45, 7) is 6.83. The number of benzene rings is 1. The van der Waals surface area contributed by atoms with Gasteiger partial charge in [0, 0.05) is 5.56 Å². The van der Waals surface area contributed by atoms with Crippen LogP contribution in [-0.2, 0) is 23.2 Å². The lowest BCUT2D eigenvalue weighted by Crippen LogP contribution is -2.22. The lowest BCUT2D eigenvalue weighted by atomic mass is 10.1. The molecule has 0 saturated heterocycles. The van der Waals surface area contributed by atoms with E-state index in [1.807, 2.05) is 0 Å². The van der Waals surface area contributed by atoms with Crippen LogP contribution in [0.25, 0.3) is 0 Å². The molecule has 2 rings (SSSR count). The summed E-state index contributed by atoms with van der Waals surface area (Å²) in [6.07, 6.45) is 2.79. The maximum absolute atomic E-state index is 13.0. The van der Waals surface area contributed by atoms with Gasteiger partial charge in [-0.1, -0.05) is 42.0 Å². The van der Waals surface area contributed by atoms with Crippen LogP contribution in [0.3, 0.4) is 0 Å². The van der Waals surface area contributed by atoms with E-state index >= 15 is 0 Å². The van der Waals surface area contributed by atoms with Crippen molar-refractivity contribution in [1.82, 2.24) is 0 Å². The number of halogens is 1. The van der Waals surface area contributed by atoms with Gasteiger partial charge in [-0.05, 0) is 6.07 Å². The van der Waals surface area contributed by atoms with E-state index in [-0.39, 0.29) is 24.3 Å². The van der Waals surface area contributed by atoms with Gasteiger partial charge in [0.1, 0.15) is 0 Å². The van der Waals surface area contributed by atoms with Crippen molar-refractivity contribution in [3.05, 3.63) is 60.7 Å². The molecule has 1 unspecified atom stereocenters. The molecule has 0 spiro atoms. The molecule has 1 heterocycles. The van der Waals surface area contributed by atoms with Gasteiger partial charge in [-0.2, -0.15) is 0 Å². The Kier molecular flexibility index (Phi) is 4.69. The molecule has 0 fully saturated rings. The van der Waals surface area contributed by atoms with Gasteiger partial charge in [0.15, 0.2) is 0 Å². The van der Waals surface area contributed by atoms with Gasteiger partial charge < -0.3 is 13.8 Å². The summed E-state index contributed by atoms with van der Waals surface area (Å²) in [6, 6.07) is 6.40. The second-order valence-corrected chi connectivity index (χ2v) is 7.10. The molecular weight excluding hydrogens is 315 g/mol. The maximum atomic E-state index is 13.0. The number of fused-ring (bicyclic) bond motifs is 1. The number of alkyl halides is 1. The Morgan fingerprint density at radius 2 is 1.81 bits per heavy atom. The van der Waals surface area contributed by atoms with Crippen LogP contribution in [0.4, 0.5) is 0 Å². The molecule has 1 aliphatic rings. The van der Waals surface area contributed by atoms with E-state index in [9.17, 15) is 9.36 Å². The monoisotopic (exact) mass is 328 g/mol. The predicted octanol–water partition coefficient (Wildman–Crippen LogP) is 3.80. The van der Waals surface area contributed by atoms with Gasteiger partial charge in [0.05, 0.1) is 18.8 Å². The fourth-order valence-corrected chi connectivity index (χ4v) is 4.09. The van der Waals surface area contributed by atoms with Gasteiger partial charge in [-0.15, -0.1) is 13.2 Å². The molecule has 0 aromatic heterocycles. The second kappa shape index (κ2) is 6.16. The topological polar surface area (TPSA) is 61.8 Å². The molecule has 1 aliphatic heterocycles. The van der Waals surface area contributed by atoms with Crippen molar-refractivity contribution >= 4 is 25.2 Å². The fraction of sp³-hybridized carbons (Fsp3) is 0.214. The minimum absolute atomic E-state index is 0.0669. The zero-order chi connectivity index (χ0) is 15.5. The number of hydrogen-bond acceptors (Lipinski definition) is 5. The van der Waals surface area contributed by atoms with E-state index < -0.39 is 18.4 Å². The third kappa shape index (κ3) is 2.70. The molecule has 21 heavy (non-hydrogen) atoms. The quantitative estimate of drug-likeness (QED) is 0.330. The van der Waals surface area contributed by atoms with Crippen LogP contribution in [0.15, 0.2) is 49.6 Å². The first-order valence-electron chi connectivity index (χ1n) is 6.11. The third-order valence-electron chi connectivity index (χ3n) is 2.78. The SMILES string of the molecule is C=CCOP(=O)(OCC=C)C1(Cl)OC(=O)c2ccccc21. The molecule has 0 saturated carbocycles. The number of carbonyl (C=O) groups excluding carboxylic acids is 1. The molecule has 112 valence electrons. The summed E-state index contributed by atoms with van der Waals surface area (Å²) < 4.78 is 28.6. The smallest absolute Gasteiger partial charge is 0.395 e. The van der Waals surface area contributed by atoms with Crippen LogP contribution >= 0.6 is 19.2 Å². The van der Waals surface area contributed by atoms with Crippen LogP contribution in [0.2, 0.25) is 0 Å². The van der Waals surface area contributed by atoms with Crippen LogP contribution in [0, 0.1) is 0 Å². The Morgan fingerprint density at radius 1 is 1.24 bits per heavy atom. The summed E-state index contributed by atoms with van der Waals surface area (Å²) in [5, 5.41) is 0. The normalized spacial score (nSPS) is 20.7. The Morgan fingerprint density at radius 3 is 2.38 bits per heavy atom. The summed E-state index contributed by atoms with van der Waals surface area (Å²) >= 11 is 6.35. The van der Waals surface area contributed by atoms with Gasteiger partial charge in [-0.3, -0.25) is 4.57 Å². The summed E-state index contributed by atoms with van der Waals surface area (Å²) in [5.74, 6) is -0.676. The van der Waals surface area contributed by atoms with Crippen molar-refractivity contribution in [2.75, 3.05) is 13.2 Å². The fourth-order valence-electron chi connectivity index (χ4n) is 1.87. The van der Waals surface area contributed by atoms with Crippen LogP contribution in [0.5, 0.6) is 0 Å². The van der Waals surface area contributed by atoms with E-state index in [0.29, 0.717) is 0 Å². The Labute approximate surface area is 127 Å². The number of esters is 1. The molecular formula is C14H14ClO5P. The Hall–Kier alpha value is -1.39. The zero-order valence-corrected chi connectivity index (χ0v) is 12.8. The Balaban J connectivity index is 2.48. The molecule has 0 aliphatic carbocycles.